The van der Waals surface area contributed by atoms with Gasteiger partial charge in [0.15, 0.2) is 0 Å². The van der Waals surface area contributed by atoms with E-state index in [-0.39, 0.29) is 30.5 Å². The zero-order valence-electron chi connectivity index (χ0n) is 14.4. The van der Waals surface area contributed by atoms with Crippen molar-refractivity contribution < 1.29 is 18.1 Å². The van der Waals surface area contributed by atoms with Crippen molar-refractivity contribution in [3.63, 3.8) is 0 Å². The van der Waals surface area contributed by atoms with Crippen LogP contribution in [0.15, 0.2) is 51.9 Å². The van der Waals surface area contributed by atoms with Crippen molar-refractivity contribution in [3.05, 3.63) is 60.0 Å². The summed E-state index contributed by atoms with van der Waals surface area (Å²) in [4.78, 5) is 19.1. The van der Waals surface area contributed by atoms with Gasteiger partial charge in [0, 0.05) is 29.5 Å². The van der Waals surface area contributed by atoms with Crippen LogP contribution in [0.25, 0.3) is 11.4 Å². The van der Waals surface area contributed by atoms with E-state index in [1.807, 2.05) is 30.5 Å². The minimum atomic E-state index is -0.774. The van der Waals surface area contributed by atoms with Gasteiger partial charge < -0.3 is 9.42 Å². The topological polar surface area (TPSA) is 59.2 Å². The van der Waals surface area contributed by atoms with Crippen LogP contribution in [0.2, 0.25) is 0 Å². The lowest BCUT2D eigenvalue weighted by molar-refractivity contribution is -0.117. The second kappa shape index (κ2) is 7.11. The Bertz CT molecular complexity index is 991. The SMILES string of the molecule is CSc1ccc(-c2noc(C3CC(=O)N(c4ccc(F)cc4F)C3)n2)cc1. The number of halogens is 2. The molecule has 3 aromatic rings. The van der Waals surface area contributed by atoms with Crippen LogP contribution in [0.4, 0.5) is 14.5 Å². The molecular formula is C19H15F2N3O2S. The second-order valence-corrected chi connectivity index (χ2v) is 7.07. The quantitative estimate of drug-likeness (QED) is 0.626. The minimum absolute atomic E-state index is 0.0521. The Morgan fingerprint density at radius 2 is 1.96 bits per heavy atom. The normalized spacial score (nSPS) is 16.9. The van der Waals surface area contributed by atoms with E-state index in [4.69, 9.17) is 4.52 Å². The van der Waals surface area contributed by atoms with Gasteiger partial charge in [-0.1, -0.05) is 5.16 Å². The first-order valence-electron chi connectivity index (χ1n) is 8.28. The zero-order valence-corrected chi connectivity index (χ0v) is 15.2. The average Bonchev–Trinajstić information content (AvgIpc) is 3.29. The zero-order chi connectivity index (χ0) is 19.0. The maximum absolute atomic E-state index is 14.0. The predicted molar refractivity (Wildman–Crippen MR) is 97.6 cm³/mol. The monoisotopic (exact) mass is 387 g/mol. The van der Waals surface area contributed by atoms with Crippen LogP contribution in [0, 0.1) is 11.6 Å². The molecule has 1 aliphatic rings. The number of nitrogens with zero attached hydrogens (tertiary/aromatic N) is 3. The lowest BCUT2D eigenvalue weighted by Gasteiger charge is -2.16. The standard InChI is InChI=1S/C19H15F2N3O2S/c1-27-14-5-2-11(3-6-14)18-22-19(26-23-18)12-8-17(25)24(10-12)16-7-4-13(20)9-15(16)21/h2-7,9,12H,8,10H2,1H3. The van der Waals surface area contributed by atoms with Crippen molar-refractivity contribution in [1.29, 1.82) is 0 Å². The number of hydrogen-bond acceptors (Lipinski definition) is 5. The van der Waals surface area contributed by atoms with Gasteiger partial charge in [0.05, 0.1) is 11.6 Å². The average molecular weight is 387 g/mol. The van der Waals surface area contributed by atoms with Crippen molar-refractivity contribution in [2.45, 2.75) is 17.2 Å². The fourth-order valence-electron chi connectivity index (χ4n) is 3.06. The van der Waals surface area contributed by atoms with Crippen LogP contribution in [-0.2, 0) is 4.79 Å². The molecule has 1 aliphatic heterocycles. The van der Waals surface area contributed by atoms with Crippen LogP contribution < -0.4 is 4.90 Å². The van der Waals surface area contributed by atoms with Crippen molar-refractivity contribution in [2.24, 2.45) is 0 Å². The van der Waals surface area contributed by atoms with E-state index in [1.54, 1.807) is 11.8 Å². The Hall–Kier alpha value is -2.74. The Kier molecular flexibility index (Phi) is 4.65. The molecule has 1 fully saturated rings. The molecule has 1 amide bonds. The van der Waals surface area contributed by atoms with E-state index < -0.39 is 11.6 Å². The van der Waals surface area contributed by atoms with E-state index in [2.05, 4.69) is 10.1 Å². The fourth-order valence-corrected chi connectivity index (χ4v) is 3.47. The maximum Gasteiger partial charge on any atom is 0.232 e. The third-order valence-electron chi connectivity index (χ3n) is 4.46. The summed E-state index contributed by atoms with van der Waals surface area (Å²) in [7, 11) is 0. The summed E-state index contributed by atoms with van der Waals surface area (Å²) in [5.41, 5.74) is 0.866. The van der Waals surface area contributed by atoms with Crippen LogP contribution in [0.5, 0.6) is 0 Å². The summed E-state index contributed by atoms with van der Waals surface area (Å²) in [6.45, 7) is 0.203. The van der Waals surface area contributed by atoms with Gasteiger partial charge >= 0.3 is 0 Å². The number of aromatic nitrogens is 2. The fraction of sp³-hybridized carbons (Fsp3) is 0.211. The molecule has 2 heterocycles. The Morgan fingerprint density at radius 3 is 2.67 bits per heavy atom. The largest absolute Gasteiger partial charge is 0.339 e. The van der Waals surface area contributed by atoms with E-state index >= 15 is 0 Å². The molecule has 0 spiro atoms. The molecule has 5 nitrogen and oxygen atoms in total. The number of amides is 1. The first-order valence-corrected chi connectivity index (χ1v) is 9.51. The highest BCUT2D eigenvalue weighted by Crippen LogP contribution is 2.33. The molecule has 1 saturated heterocycles. The summed E-state index contributed by atoms with van der Waals surface area (Å²) >= 11 is 1.64. The summed E-state index contributed by atoms with van der Waals surface area (Å²) in [6, 6.07) is 10.9. The molecule has 0 radical (unpaired) electrons. The van der Waals surface area contributed by atoms with Gasteiger partial charge in [-0.25, -0.2) is 8.78 Å². The molecule has 2 aromatic carbocycles. The molecule has 1 unspecified atom stereocenters. The first kappa shape index (κ1) is 17.7. The highest BCUT2D eigenvalue weighted by atomic mass is 32.2. The second-order valence-electron chi connectivity index (χ2n) is 6.19. The van der Waals surface area contributed by atoms with Crippen LogP contribution in [0.3, 0.4) is 0 Å². The molecule has 4 rings (SSSR count). The van der Waals surface area contributed by atoms with Gasteiger partial charge in [-0.05, 0) is 42.7 Å². The van der Waals surface area contributed by atoms with Crippen LogP contribution in [0.1, 0.15) is 18.2 Å². The molecule has 1 aromatic heterocycles. The molecule has 0 aliphatic carbocycles. The lowest BCUT2D eigenvalue weighted by Crippen LogP contribution is -2.25. The lowest BCUT2D eigenvalue weighted by atomic mass is 10.1. The third-order valence-corrected chi connectivity index (χ3v) is 5.21. The van der Waals surface area contributed by atoms with Crippen molar-refractivity contribution in [1.82, 2.24) is 10.1 Å². The van der Waals surface area contributed by atoms with E-state index in [0.29, 0.717) is 11.7 Å². The Balaban J connectivity index is 1.54. The summed E-state index contributed by atoms with van der Waals surface area (Å²) in [6.07, 6.45) is 2.12. The number of rotatable bonds is 4. The third kappa shape index (κ3) is 3.44. The summed E-state index contributed by atoms with van der Waals surface area (Å²) in [5, 5.41) is 3.99. The molecule has 0 bridgehead atoms. The van der Waals surface area contributed by atoms with E-state index in [1.165, 1.54) is 11.0 Å². The molecule has 0 N–H and O–H groups in total. The van der Waals surface area contributed by atoms with Gasteiger partial charge in [-0.15, -0.1) is 11.8 Å². The van der Waals surface area contributed by atoms with Crippen molar-refractivity contribution >= 4 is 23.4 Å². The Labute approximate surface area is 158 Å². The van der Waals surface area contributed by atoms with Crippen LogP contribution in [-0.4, -0.2) is 28.8 Å². The molecule has 0 saturated carbocycles. The molecular weight excluding hydrogens is 372 g/mol. The number of carbonyl (C=O) groups excluding carboxylic acids is 1. The summed E-state index contributed by atoms with van der Waals surface area (Å²) < 4.78 is 32.5. The first-order chi connectivity index (χ1) is 13.0. The summed E-state index contributed by atoms with van der Waals surface area (Å²) in [5.74, 6) is -1.30. The molecule has 27 heavy (non-hydrogen) atoms. The molecule has 8 heteroatoms. The predicted octanol–water partition coefficient (Wildman–Crippen LogP) is 4.26. The van der Waals surface area contributed by atoms with Gasteiger partial charge in [0.25, 0.3) is 0 Å². The number of carbonyl (C=O) groups is 1. The van der Waals surface area contributed by atoms with E-state index in [0.717, 1.165) is 22.6 Å². The van der Waals surface area contributed by atoms with Gasteiger partial charge in [0.1, 0.15) is 11.6 Å². The maximum atomic E-state index is 14.0. The highest BCUT2D eigenvalue weighted by molar-refractivity contribution is 7.98. The van der Waals surface area contributed by atoms with E-state index in [9.17, 15) is 13.6 Å². The Morgan fingerprint density at radius 1 is 1.19 bits per heavy atom. The number of benzene rings is 2. The van der Waals surface area contributed by atoms with Crippen molar-refractivity contribution in [3.8, 4) is 11.4 Å². The van der Waals surface area contributed by atoms with Gasteiger partial charge in [-0.3, -0.25) is 4.79 Å². The van der Waals surface area contributed by atoms with Crippen LogP contribution >= 0.6 is 11.8 Å². The van der Waals surface area contributed by atoms with Gasteiger partial charge in [-0.2, -0.15) is 4.98 Å². The number of anilines is 1. The highest BCUT2D eigenvalue weighted by Gasteiger charge is 2.36. The number of hydrogen-bond donors (Lipinski definition) is 0. The van der Waals surface area contributed by atoms with Gasteiger partial charge in [0.2, 0.25) is 17.6 Å². The number of thioether (sulfide) groups is 1. The minimum Gasteiger partial charge on any atom is -0.339 e. The molecule has 1 atom stereocenters. The smallest absolute Gasteiger partial charge is 0.232 e. The molecule has 138 valence electrons. The van der Waals surface area contributed by atoms with Crippen molar-refractivity contribution in [2.75, 3.05) is 17.7 Å².